The van der Waals surface area contributed by atoms with E-state index >= 15 is 0 Å². The minimum Gasteiger partial charge on any atom is -0.465 e. The highest BCUT2D eigenvalue weighted by molar-refractivity contribution is 6.36. The van der Waals surface area contributed by atoms with Gasteiger partial charge in [-0.15, -0.1) is 0 Å². The van der Waals surface area contributed by atoms with Crippen molar-refractivity contribution in [1.82, 2.24) is 14.5 Å². The molecule has 3 rings (SSSR count). The van der Waals surface area contributed by atoms with E-state index in [4.69, 9.17) is 27.9 Å². The van der Waals surface area contributed by atoms with Gasteiger partial charge >= 0.3 is 5.97 Å². The molecule has 7 heteroatoms. The largest absolute Gasteiger partial charge is 0.465 e. The van der Waals surface area contributed by atoms with Crippen molar-refractivity contribution in [3.63, 3.8) is 0 Å². The molecule has 5 nitrogen and oxygen atoms in total. The van der Waals surface area contributed by atoms with E-state index in [1.807, 2.05) is 6.07 Å². The van der Waals surface area contributed by atoms with Crippen LogP contribution in [0.1, 0.15) is 6.92 Å². The second-order valence-corrected chi connectivity index (χ2v) is 5.64. The minimum absolute atomic E-state index is 0.00957. The fourth-order valence-electron chi connectivity index (χ4n) is 2.32. The molecule has 0 spiro atoms. The van der Waals surface area contributed by atoms with Crippen LogP contribution < -0.4 is 0 Å². The molecule has 0 amide bonds. The molecule has 118 valence electrons. The summed E-state index contributed by atoms with van der Waals surface area (Å²) in [5, 5.41) is 0.989. The Hall–Kier alpha value is -2.11. The molecular weight excluding hydrogens is 337 g/mol. The zero-order valence-electron chi connectivity index (χ0n) is 12.3. The lowest BCUT2D eigenvalue weighted by molar-refractivity contribution is -0.143. The molecule has 2 heterocycles. The zero-order valence-corrected chi connectivity index (χ0v) is 13.8. The number of aromatic nitrogens is 3. The first-order valence-corrected chi connectivity index (χ1v) is 7.78. The Balaban J connectivity index is 2.17. The molecule has 23 heavy (non-hydrogen) atoms. The number of imidazole rings is 1. The van der Waals surface area contributed by atoms with Crippen molar-refractivity contribution < 1.29 is 9.53 Å². The van der Waals surface area contributed by atoms with Crippen molar-refractivity contribution >= 4 is 40.3 Å². The second kappa shape index (κ2) is 6.56. The van der Waals surface area contributed by atoms with Crippen molar-refractivity contribution in [3.8, 4) is 11.4 Å². The van der Waals surface area contributed by atoms with Crippen LogP contribution in [0.25, 0.3) is 22.6 Å². The van der Waals surface area contributed by atoms with E-state index in [9.17, 15) is 4.79 Å². The number of carbonyl (C=O) groups is 1. The minimum atomic E-state index is -0.358. The second-order valence-electron chi connectivity index (χ2n) is 4.80. The quantitative estimate of drug-likeness (QED) is 0.668. The standard InChI is InChI=1S/C16H13Cl2N3O2/c1-2-23-14(22)9-21-15(11-6-5-10(17)8-12(11)18)20-13-4-3-7-19-16(13)21/h3-8H,2,9H2,1H3. The van der Waals surface area contributed by atoms with Crippen LogP contribution >= 0.6 is 23.2 Å². The Kier molecular flexibility index (Phi) is 4.50. The van der Waals surface area contributed by atoms with Crippen LogP contribution in [0.4, 0.5) is 0 Å². The lowest BCUT2D eigenvalue weighted by Gasteiger charge is -2.09. The van der Waals surface area contributed by atoms with Crippen LogP contribution in [-0.4, -0.2) is 27.1 Å². The predicted molar refractivity (Wildman–Crippen MR) is 89.6 cm³/mol. The molecule has 0 N–H and O–H groups in total. The third kappa shape index (κ3) is 3.16. The molecule has 2 aromatic heterocycles. The number of hydrogen-bond donors (Lipinski definition) is 0. The first-order valence-electron chi connectivity index (χ1n) is 7.02. The molecule has 1 aromatic carbocycles. The van der Waals surface area contributed by atoms with Gasteiger partial charge in [0.15, 0.2) is 5.65 Å². The monoisotopic (exact) mass is 349 g/mol. The van der Waals surface area contributed by atoms with Gasteiger partial charge in [-0.25, -0.2) is 9.97 Å². The highest BCUT2D eigenvalue weighted by Gasteiger charge is 2.18. The van der Waals surface area contributed by atoms with E-state index in [0.29, 0.717) is 39.2 Å². The van der Waals surface area contributed by atoms with E-state index in [1.165, 1.54) is 0 Å². The number of pyridine rings is 1. The fourth-order valence-corrected chi connectivity index (χ4v) is 2.81. The van der Waals surface area contributed by atoms with Gasteiger partial charge in [-0.3, -0.25) is 9.36 Å². The molecule has 0 saturated heterocycles. The first kappa shape index (κ1) is 15.8. The molecule has 0 aliphatic heterocycles. The molecule has 0 atom stereocenters. The number of benzene rings is 1. The smallest absolute Gasteiger partial charge is 0.326 e. The lowest BCUT2D eigenvalue weighted by Crippen LogP contribution is -2.14. The van der Waals surface area contributed by atoms with Crippen LogP contribution in [0.3, 0.4) is 0 Å². The highest BCUT2D eigenvalue weighted by atomic mass is 35.5. The fraction of sp³-hybridized carbons (Fsp3) is 0.188. The van der Waals surface area contributed by atoms with Gasteiger partial charge in [-0.2, -0.15) is 0 Å². The third-order valence-electron chi connectivity index (χ3n) is 3.27. The number of esters is 1. The molecule has 0 saturated carbocycles. The van der Waals surface area contributed by atoms with Crippen LogP contribution in [0.15, 0.2) is 36.5 Å². The molecular formula is C16H13Cl2N3O2. The van der Waals surface area contributed by atoms with Gasteiger partial charge in [0, 0.05) is 16.8 Å². The summed E-state index contributed by atoms with van der Waals surface area (Å²) in [6, 6.07) is 8.76. The van der Waals surface area contributed by atoms with Gasteiger partial charge in [0.2, 0.25) is 0 Å². The van der Waals surface area contributed by atoms with Gasteiger partial charge < -0.3 is 4.74 Å². The van der Waals surface area contributed by atoms with Crippen molar-refractivity contribution in [3.05, 3.63) is 46.6 Å². The first-order chi connectivity index (χ1) is 11.1. The van der Waals surface area contributed by atoms with Gasteiger partial charge in [-0.05, 0) is 37.3 Å². The summed E-state index contributed by atoms with van der Waals surface area (Å²) in [5.41, 5.74) is 1.96. The lowest BCUT2D eigenvalue weighted by atomic mass is 10.2. The number of ether oxygens (including phenoxy) is 1. The van der Waals surface area contributed by atoms with E-state index in [0.717, 1.165) is 0 Å². The summed E-state index contributed by atoms with van der Waals surface area (Å²) in [6.07, 6.45) is 1.65. The topological polar surface area (TPSA) is 57.0 Å². The Labute approximate surface area is 142 Å². The third-order valence-corrected chi connectivity index (χ3v) is 3.82. The summed E-state index contributed by atoms with van der Waals surface area (Å²) in [6.45, 7) is 2.09. The summed E-state index contributed by atoms with van der Waals surface area (Å²) < 4.78 is 6.73. The maximum atomic E-state index is 11.9. The predicted octanol–water partition coefficient (Wildman–Crippen LogP) is 3.97. The number of rotatable bonds is 4. The molecule has 0 radical (unpaired) electrons. The van der Waals surface area contributed by atoms with E-state index in [1.54, 1.807) is 42.0 Å². The number of hydrogen-bond acceptors (Lipinski definition) is 4. The molecule has 3 aromatic rings. The van der Waals surface area contributed by atoms with Gasteiger partial charge in [-0.1, -0.05) is 23.2 Å². The summed E-state index contributed by atoms with van der Waals surface area (Å²) in [5.74, 6) is 0.192. The van der Waals surface area contributed by atoms with Crippen molar-refractivity contribution in [1.29, 1.82) is 0 Å². The number of fused-ring (bicyclic) bond motifs is 1. The average Bonchev–Trinajstić information content (AvgIpc) is 2.86. The normalized spacial score (nSPS) is 10.9. The van der Waals surface area contributed by atoms with Crippen LogP contribution in [0.2, 0.25) is 10.0 Å². The molecule has 0 aliphatic rings. The molecule has 0 aliphatic carbocycles. The van der Waals surface area contributed by atoms with Crippen molar-refractivity contribution in [2.75, 3.05) is 6.61 Å². The SMILES string of the molecule is CCOC(=O)Cn1c(-c2ccc(Cl)cc2Cl)nc2cccnc21. The Morgan fingerprint density at radius 1 is 1.30 bits per heavy atom. The number of carbonyl (C=O) groups excluding carboxylic acids is 1. The summed E-state index contributed by atoms with van der Waals surface area (Å²) in [7, 11) is 0. The van der Waals surface area contributed by atoms with Crippen LogP contribution in [-0.2, 0) is 16.1 Å². The van der Waals surface area contributed by atoms with Crippen molar-refractivity contribution in [2.24, 2.45) is 0 Å². The Bertz CT molecular complexity index is 877. The van der Waals surface area contributed by atoms with Crippen molar-refractivity contribution in [2.45, 2.75) is 13.5 Å². The number of halogens is 2. The number of nitrogens with zero attached hydrogens (tertiary/aromatic N) is 3. The van der Waals surface area contributed by atoms with Crippen LogP contribution in [0, 0.1) is 0 Å². The van der Waals surface area contributed by atoms with E-state index < -0.39 is 0 Å². The molecule has 0 bridgehead atoms. The average molecular weight is 350 g/mol. The molecule has 0 unspecified atom stereocenters. The van der Waals surface area contributed by atoms with Gasteiger partial charge in [0.05, 0.1) is 11.6 Å². The van der Waals surface area contributed by atoms with Crippen LogP contribution in [0.5, 0.6) is 0 Å². The van der Waals surface area contributed by atoms with E-state index in [-0.39, 0.29) is 12.5 Å². The summed E-state index contributed by atoms with van der Waals surface area (Å²) in [4.78, 5) is 20.8. The summed E-state index contributed by atoms with van der Waals surface area (Å²) >= 11 is 12.2. The highest BCUT2D eigenvalue weighted by Crippen LogP contribution is 2.31. The van der Waals surface area contributed by atoms with E-state index in [2.05, 4.69) is 9.97 Å². The maximum absolute atomic E-state index is 11.9. The van der Waals surface area contributed by atoms with Gasteiger partial charge in [0.25, 0.3) is 0 Å². The maximum Gasteiger partial charge on any atom is 0.326 e. The van der Waals surface area contributed by atoms with Gasteiger partial charge in [0.1, 0.15) is 17.9 Å². The molecule has 0 fully saturated rings. The zero-order chi connectivity index (χ0) is 16.4. The Morgan fingerprint density at radius 3 is 2.87 bits per heavy atom. The Morgan fingerprint density at radius 2 is 2.13 bits per heavy atom.